The van der Waals surface area contributed by atoms with E-state index in [2.05, 4.69) is 23.7 Å². The van der Waals surface area contributed by atoms with Gasteiger partial charge in [-0.1, -0.05) is 62.4 Å². The number of aromatic nitrogens is 2. The molecule has 1 aliphatic heterocycles. The van der Waals surface area contributed by atoms with E-state index in [1.807, 2.05) is 86.6 Å². The average Bonchev–Trinajstić information content (AvgIpc) is 3.32. The molecule has 3 aromatic carbocycles. The molecule has 1 unspecified atom stereocenters. The number of nitrogens with zero attached hydrogens (tertiary/aromatic N) is 2. The van der Waals surface area contributed by atoms with Crippen LogP contribution in [0.2, 0.25) is 0 Å². The van der Waals surface area contributed by atoms with Crippen molar-refractivity contribution in [1.82, 2.24) is 9.55 Å². The van der Waals surface area contributed by atoms with Crippen LogP contribution in [0.4, 0.5) is 5.95 Å². The molecule has 0 spiro atoms. The molecular formula is C32H35N3O4. The summed E-state index contributed by atoms with van der Waals surface area (Å²) < 4.78 is 19.9. The minimum atomic E-state index is -0.508. The first-order valence-corrected chi connectivity index (χ1v) is 13.6. The Hall–Kier alpha value is -4.26. The SMILES string of the molecule is CCOC(=O)C1=C(c2ccccc2)Nc2nc3ccccc3n2C1c1ccc(OCCC(C)C)c(OCC)c1. The molecule has 2 heterocycles. The molecule has 1 aromatic heterocycles. The second-order valence-corrected chi connectivity index (χ2v) is 9.87. The zero-order chi connectivity index (χ0) is 27.4. The van der Waals surface area contributed by atoms with Crippen molar-refractivity contribution in [3.63, 3.8) is 0 Å². The first-order chi connectivity index (χ1) is 19.0. The number of carbonyl (C=O) groups excluding carboxylic acids is 1. The third-order valence-electron chi connectivity index (χ3n) is 6.73. The highest BCUT2D eigenvalue weighted by molar-refractivity contribution is 6.03. The van der Waals surface area contributed by atoms with Gasteiger partial charge in [0, 0.05) is 0 Å². The van der Waals surface area contributed by atoms with E-state index < -0.39 is 6.04 Å². The fraction of sp³-hybridized carbons (Fsp3) is 0.312. The number of hydrogen-bond acceptors (Lipinski definition) is 6. The normalized spacial score (nSPS) is 14.7. The summed E-state index contributed by atoms with van der Waals surface area (Å²) in [4.78, 5) is 18.6. The van der Waals surface area contributed by atoms with Crippen molar-refractivity contribution in [2.24, 2.45) is 5.92 Å². The molecule has 202 valence electrons. The van der Waals surface area contributed by atoms with Crippen LogP contribution in [0.3, 0.4) is 0 Å². The van der Waals surface area contributed by atoms with Gasteiger partial charge in [0.25, 0.3) is 0 Å². The summed E-state index contributed by atoms with van der Waals surface area (Å²) in [5.41, 5.74) is 4.68. The lowest BCUT2D eigenvalue weighted by Gasteiger charge is -2.31. The van der Waals surface area contributed by atoms with Crippen molar-refractivity contribution in [3.8, 4) is 11.5 Å². The zero-order valence-corrected chi connectivity index (χ0v) is 22.9. The topological polar surface area (TPSA) is 74.6 Å². The Morgan fingerprint density at radius 2 is 1.72 bits per heavy atom. The number of para-hydroxylation sites is 2. The maximum atomic E-state index is 13.7. The van der Waals surface area contributed by atoms with E-state index >= 15 is 0 Å². The van der Waals surface area contributed by atoms with Gasteiger partial charge in [-0.15, -0.1) is 0 Å². The molecule has 7 nitrogen and oxygen atoms in total. The Bertz CT molecular complexity index is 1490. The first kappa shape index (κ1) is 26.4. The lowest BCUT2D eigenvalue weighted by Crippen LogP contribution is -2.29. The van der Waals surface area contributed by atoms with Crippen molar-refractivity contribution in [2.45, 2.75) is 40.2 Å². The van der Waals surface area contributed by atoms with Crippen LogP contribution in [0.1, 0.15) is 51.3 Å². The molecule has 0 saturated carbocycles. The van der Waals surface area contributed by atoms with Crippen LogP contribution in [0.5, 0.6) is 11.5 Å². The number of anilines is 1. The van der Waals surface area contributed by atoms with Gasteiger partial charge in [0.2, 0.25) is 5.95 Å². The van der Waals surface area contributed by atoms with Gasteiger partial charge in [0.15, 0.2) is 11.5 Å². The standard InChI is InChI=1S/C32H35N3O4/c1-5-37-27-20-23(16-17-26(27)39-19-18-21(3)4)30-28(31(36)38-6-2)29(22-12-8-7-9-13-22)34-32-33-24-14-10-11-15-25(24)35(30)32/h7-17,20-21,30H,5-6,18-19H2,1-4H3,(H,33,34). The Labute approximate surface area is 229 Å². The number of esters is 1. The number of imidazole rings is 1. The molecule has 0 bridgehead atoms. The lowest BCUT2D eigenvalue weighted by atomic mass is 9.92. The van der Waals surface area contributed by atoms with Crippen LogP contribution in [0.25, 0.3) is 16.7 Å². The van der Waals surface area contributed by atoms with Crippen LogP contribution in [0.15, 0.2) is 78.4 Å². The highest BCUT2D eigenvalue weighted by Gasteiger charge is 2.37. The van der Waals surface area contributed by atoms with Gasteiger partial charge >= 0.3 is 5.97 Å². The van der Waals surface area contributed by atoms with Crippen molar-refractivity contribution in [1.29, 1.82) is 0 Å². The molecule has 1 N–H and O–H groups in total. The molecule has 0 fully saturated rings. The van der Waals surface area contributed by atoms with Gasteiger partial charge < -0.3 is 19.5 Å². The van der Waals surface area contributed by atoms with E-state index in [0.29, 0.717) is 47.8 Å². The summed E-state index contributed by atoms with van der Waals surface area (Å²) in [6.07, 6.45) is 0.947. The van der Waals surface area contributed by atoms with Crippen LogP contribution in [-0.4, -0.2) is 35.3 Å². The Kier molecular flexibility index (Phi) is 7.87. The summed E-state index contributed by atoms with van der Waals surface area (Å²) in [6, 6.07) is 23.2. The number of ether oxygens (including phenoxy) is 3. The monoisotopic (exact) mass is 525 g/mol. The van der Waals surface area contributed by atoms with Crippen molar-refractivity contribution in [3.05, 3.63) is 89.5 Å². The summed E-state index contributed by atoms with van der Waals surface area (Å²) >= 11 is 0. The van der Waals surface area contributed by atoms with Gasteiger partial charge in [-0.05, 0) is 61.6 Å². The minimum Gasteiger partial charge on any atom is -0.490 e. The Morgan fingerprint density at radius 1 is 0.949 bits per heavy atom. The molecule has 1 atom stereocenters. The molecule has 5 rings (SSSR count). The number of benzene rings is 3. The van der Waals surface area contributed by atoms with Gasteiger partial charge in [-0.2, -0.15) is 0 Å². The minimum absolute atomic E-state index is 0.265. The molecule has 39 heavy (non-hydrogen) atoms. The highest BCUT2D eigenvalue weighted by Crippen LogP contribution is 2.44. The maximum Gasteiger partial charge on any atom is 0.338 e. The second-order valence-electron chi connectivity index (χ2n) is 9.87. The van der Waals surface area contributed by atoms with Gasteiger partial charge in [0.1, 0.15) is 0 Å². The molecule has 4 aromatic rings. The quantitative estimate of drug-likeness (QED) is 0.228. The van der Waals surface area contributed by atoms with Crippen molar-refractivity contribution >= 4 is 28.6 Å². The van der Waals surface area contributed by atoms with Crippen LogP contribution in [-0.2, 0) is 9.53 Å². The zero-order valence-electron chi connectivity index (χ0n) is 22.9. The fourth-order valence-electron chi connectivity index (χ4n) is 4.90. The summed E-state index contributed by atoms with van der Waals surface area (Å²) in [5, 5.41) is 3.46. The van der Waals surface area contributed by atoms with Crippen molar-refractivity contribution in [2.75, 3.05) is 25.1 Å². The van der Waals surface area contributed by atoms with E-state index in [-0.39, 0.29) is 12.6 Å². The third kappa shape index (κ3) is 5.35. The van der Waals surface area contributed by atoms with Gasteiger partial charge in [0.05, 0.1) is 48.2 Å². The Morgan fingerprint density at radius 3 is 2.46 bits per heavy atom. The molecular weight excluding hydrogens is 490 g/mol. The number of hydrogen-bond donors (Lipinski definition) is 1. The lowest BCUT2D eigenvalue weighted by molar-refractivity contribution is -0.138. The van der Waals surface area contributed by atoms with E-state index in [1.165, 1.54) is 0 Å². The van der Waals surface area contributed by atoms with E-state index in [1.54, 1.807) is 0 Å². The summed E-state index contributed by atoms with van der Waals surface area (Å²) in [5.74, 6) is 2.15. The molecule has 0 amide bonds. The van der Waals surface area contributed by atoms with E-state index in [9.17, 15) is 4.79 Å². The predicted molar refractivity (Wildman–Crippen MR) is 154 cm³/mol. The van der Waals surface area contributed by atoms with Crippen molar-refractivity contribution < 1.29 is 19.0 Å². The van der Waals surface area contributed by atoms with Gasteiger partial charge in [-0.3, -0.25) is 4.57 Å². The van der Waals surface area contributed by atoms with Crippen LogP contribution in [0, 0.1) is 5.92 Å². The average molecular weight is 526 g/mol. The van der Waals surface area contributed by atoms with Crippen LogP contribution < -0.4 is 14.8 Å². The van der Waals surface area contributed by atoms with Crippen LogP contribution >= 0.6 is 0 Å². The molecule has 7 heteroatoms. The summed E-state index contributed by atoms with van der Waals surface area (Å²) in [7, 11) is 0. The smallest absolute Gasteiger partial charge is 0.338 e. The first-order valence-electron chi connectivity index (χ1n) is 13.6. The molecule has 1 aliphatic rings. The second kappa shape index (κ2) is 11.6. The van der Waals surface area contributed by atoms with Gasteiger partial charge in [-0.25, -0.2) is 9.78 Å². The van der Waals surface area contributed by atoms with E-state index in [0.717, 1.165) is 28.6 Å². The highest BCUT2D eigenvalue weighted by atomic mass is 16.5. The molecule has 0 radical (unpaired) electrons. The fourth-order valence-corrected chi connectivity index (χ4v) is 4.90. The predicted octanol–water partition coefficient (Wildman–Crippen LogP) is 6.85. The number of rotatable bonds is 10. The maximum absolute atomic E-state index is 13.7. The summed E-state index contributed by atoms with van der Waals surface area (Å²) in [6.45, 7) is 9.48. The largest absolute Gasteiger partial charge is 0.490 e. The van der Waals surface area contributed by atoms with E-state index in [4.69, 9.17) is 19.2 Å². The number of fused-ring (bicyclic) bond motifs is 3. The molecule has 0 saturated heterocycles. The number of carbonyl (C=O) groups is 1. The third-order valence-corrected chi connectivity index (χ3v) is 6.73. The molecule has 0 aliphatic carbocycles. The Balaban J connectivity index is 1.72. The number of nitrogens with one attached hydrogen (secondary N) is 1.